The van der Waals surface area contributed by atoms with Crippen LogP contribution in [0.3, 0.4) is 0 Å². The Hall–Kier alpha value is -1.53. The van der Waals surface area contributed by atoms with Gasteiger partial charge in [0.25, 0.3) is 0 Å². The van der Waals surface area contributed by atoms with Gasteiger partial charge < -0.3 is 14.8 Å². The molecule has 6 heteroatoms. The van der Waals surface area contributed by atoms with E-state index in [4.69, 9.17) is 4.74 Å². The molecule has 1 N–H and O–H groups in total. The van der Waals surface area contributed by atoms with Crippen LogP contribution in [0.25, 0.3) is 0 Å². The predicted molar refractivity (Wildman–Crippen MR) is 66.3 cm³/mol. The van der Waals surface area contributed by atoms with Gasteiger partial charge in [0.05, 0.1) is 18.8 Å². The van der Waals surface area contributed by atoms with Gasteiger partial charge in [-0.2, -0.15) is 0 Å². The molecular weight excluding hydrogens is 234 g/mol. The van der Waals surface area contributed by atoms with Crippen LogP contribution in [0.15, 0.2) is 18.7 Å². The maximum Gasteiger partial charge on any atom is 0.341 e. The minimum absolute atomic E-state index is 0.366. The van der Waals surface area contributed by atoms with Gasteiger partial charge in [-0.3, -0.25) is 0 Å². The lowest BCUT2D eigenvalue weighted by Gasteiger charge is -2.20. The zero-order valence-corrected chi connectivity index (χ0v) is 10.8. The fourth-order valence-electron chi connectivity index (χ4n) is 1.55. The summed E-state index contributed by atoms with van der Waals surface area (Å²) in [6, 6.07) is 0. The minimum atomic E-state index is -0.416. The molecule has 1 aliphatic heterocycles. The van der Waals surface area contributed by atoms with Crippen molar-refractivity contribution < 1.29 is 14.3 Å². The molecule has 1 fully saturated rings. The van der Waals surface area contributed by atoms with Gasteiger partial charge in [-0.1, -0.05) is 0 Å². The number of rotatable bonds is 2. The van der Waals surface area contributed by atoms with Crippen molar-refractivity contribution in [2.75, 3.05) is 27.3 Å². The van der Waals surface area contributed by atoms with Crippen LogP contribution in [-0.4, -0.2) is 49.4 Å². The number of carbonyl (C=O) groups is 1. The average molecular weight is 253 g/mol. The Morgan fingerprint density at radius 1 is 1.28 bits per heavy atom. The molecule has 0 aromatic carbocycles. The maximum atomic E-state index is 10.7. The highest BCUT2D eigenvalue weighted by atomic mass is 16.5. The fourth-order valence-corrected chi connectivity index (χ4v) is 1.55. The van der Waals surface area contributed by atoms with Gasteiger partial charge in [0.2, 0.25) is 0 Å². The molecule has 6 nitrogen and oxygen atoms in total. The van der Waals surface area contributed by atoms with E-state index in [9.17, 15) is 4.79 Å². The Morgan fingerprint density at radius 2 is 1.89 bits per heavy atom. The van der Waals surface area contributed by atoms with Crippen LogP contribution < -0.4 is 5.32 Å². The van der Waals surface area contributed by atoms with Crippen LogP contribution in [0, 0.1) is 0 Å². The van der Waals surface area contributed by atoms with E-state index in [2.05, 4.69) is 20.0 Å². The molecule has 0 spiro atoms. The van der Waals surface area contributed by atoms with Crippen molar-refractivity contribution in [3.8, 4) is 0 Å². The van der Waals surface area contributed by atoms with Crippen LogP contribution in [0.1, 0.15) is 23.2 Å². The monoisotopic (exact) mass is 253 g/mol. The van der Waals surface area contributed by atoms with Crippen LogP contribution in [-0.2, 0) is 9.47 Å². The summed E-state index contributed by atoms with van der Waals surface area (Å²) in [5, 5.41) is 3.27. The lowest BCUT2D eigenvalue weighted by molar-refractivity contribution is 0.0599. The van der Waals surface area contributed by atoms with E-state index in [0.29, 0.717) is 11.7 Å². The Morgan fingerprint density at radius 3 is 2.33 bits per heavy atom. The molecule has 1 aliphatic rings. The van der Waals surface area contributed by atoms with Crippen LogP contribution >= 0.6 is 0 Å². The first-order chi connectivity index (χ1) is 8.77. The number of methoxy groups -OCH3 is 2. The summed E-state index contributed by atoms with van der Waals surface area (Å²) in [6.07, 6.45) is 7.04. The highest BCUT2D eigenvalue weighted by Crippen LogP contribution is 2.04. The Balaban J connectivity index is 0.000000184. The number of nitrogens with one attached hydrogen (secondary N) is 1. The number of hydrogen-bond donors (Lipinski definition) is 1. The van der Waals surface area contributed by atoms with Gasteiger partial charge in [0.1, 0.15) is 6.33 Å². The number of hydrogen-bond acceptors (Lipinski definition) is 6. The first kappa shape index (κ1) is 14.5. The molecule has 0 saturated carbocycles. The molecule has 1 aromatic rings. The maximum absolute atomic E-state index is 10.7. The SMILES string of the molecule is COC(=O)c1cncnc1.COC1CCNCC1. The van der Waals surface area contributed by atoms with Gasteiger partial charge >= 0.3 is 5.97 Å². The Labute approximate surface area is 107 Å². The summed E-state index contributed by atoms with van der Waals surface area (Å²) < 4.78 is 9.57. The second-order valence-electron chi connectivity index (χ2n) is 3.80. The van der Waals surface area contributed by atoms with E-state index in [-0.39, 0.29) is 0 Å². The van der Waals surface area contributed by atoms with E-state index in [1.165, 1.54) is 38.7 Å². The number of aromatic nitrogens is 2. The second-order valence-corrected chi connectivity index (χ2v) is 3.80. The summed E-state index contributed by atoms with van der Waals surface area (Å²) in [4.78, 5) is 18.0. The lowest BCUT2D eigenvalue weighted by Crippen LogP contribution is -2.31. The van der Waals surface area contributed by atoms with E-state index in [0.717, 1.165) is 13.1 Å². The topological polar surface area (TPSA) is 73.3 Å². The predicted octanol–water partition coefficient (Wildman–Crippen LogP) is 0.648. The molecule has 18 heavy (non-hydrogen) atoms. The Kier molecular flexibility index (Phi) is 6.90. The molecule has 0 radical (unpaired) electrons. The third-order valence-electron chi connectivity index (χ3n) is 2.60. The second kappa shape index (κ2) is 8.54. The van der Waals surface area contributed by atoms with Crippen molar-refractivity contribution >= 4 is 5.97 Å². The molecule has 100 valence electrons. The highest BCUT2D eigenvalue weighted by molar-refractivity contribution is 5.88. The van der Waals surface area contributed by atoms with Gasteiger partial charge in [0, 0.05) is 19.5 Å². The number of nitrogens with zero attached hydrogens (tertiary/aromatic N) is 2. The van der Waals surface area contributed by atoms with E-state index < -0.39 is 5.97 Å². The van der Waals surface area contributed by atoms with Crippen molar-refractivity contribution in [3.05, 3.63) is 24.3 Å². The van der Waals surface area contributed by atoms with Gasteiger partial charge in [-0.15, -0.1) is 0 Å². The summed E-state index contributed by atoms with van der Waals surface area (Å²) in [7, 11) is 3.10. The lowest BCUT2D eigenvalue weighted by atomic mass is 10.1. The standard InChI is InChI=1S/C6H6N2O2.C6H13NO/c1-10-6(9)5-2-7-4-8-3-5;1-8-6-2-4-7-5-3-6/h2-4H,1H3;6-7H,2-5H2,1H3. The van der Waals surface area contributed by atoms with E-state index in [1.807, 2.05) is 0 Å². The molecular formula is C12H19N3O3. The quantitative estimate of drug-likeness (QED) is 0.780. The number of esters is 1. The first-order valence-corrected chi connectivity index (χ1v) is 5.84. The van der Waals surface area contributed by atoms with Crippen molar-refractivity contribution in [3.63, 3.8) is 0 Å². The minimum Gasteiger partial charge on any atom is -0.465 e. The zero-order chi connectivity index (χ0) is 13.2. The average Bonchev–Trinajstić information content (AvgIpc) is 2.49. The van der Waals surface area contributed by atoms with Gasteiger partial charge in [-0.05, 0) is 25.9 Å². The normalized spacial score (nSPS) is 15.4. The van der Waals surface area contributed by atoms with E-state index >= 15 is 0 Å². The third-order valence-corrected chi connectivity index (χ3v) is 2.60. The molecule has 2 heterocycles. The van der Waals surface area contributed by atoms with Crippen molar-refractivity contribution in [1.82, 2.24) is 15.3 Å². The molecule has 1 saturated heterocycles. The summed E-state index contributed by atoms with van der Waals surface area (Å²) in [5.74, 6) is -0.416. The zero-order valence-electron chi connectivity index (χ0n) is 10.8. The summed E-state index contributed by atoms with van der Waals surface area (Å²) in [6.45, 7) is 2.25. The van der Waals surface area contributed by atoms with Crippen LogP contribution in [0.4, 0.5) is 0 Å². The summed E-state index contributed by atoms with van der Waals surface area (Å²) in [5.41, 5.74) is 0.366. The smallest absolute Gasteiger partial charge is 0.341 e. The summed E-state index contributed by atoms with van der Waals surface area (Å²) >= 11 is 0. The van der Waals surface area contributed by atoms with E-state index in [1.54, 1.807) is 7.11 Å². The molecule has 0 atom stereocenters. The molecule has 0 amide bonds. The van der Waals surface area contributed by atoms with Crippen LogP contribution in [0.5, 0.6) is 0 Å². The highest BCUT2D eigenvalue weighted by Gasteiger charge is 2.09. The molecule has 2 rings (SSSR count). The Bertz CT molecular complexity index is 340. The molecule has 0 bridgehead atoms. The molecule has 1 aromatic heterocycles. The number of piperidine rings is 1. The van der Waals surface area contributed by atoms with Crippen molar-refractivity contribution in [2.45, 2.75) is 18.9 Å². The third kappa shape index (κ3) is 5.20. The first-order valence-electron chi connectivity index (χ1n) is 5.84. The number of carbonyl (C=O) groups excluding carboxylic acids is 1. The molecule has 0 aliphatic carbocycles. The van der Waals surface area contributed by atoms with Crippen molar-refractivity contribution in [2.24, 2.45) is 0 Å². The van der Waals surface area contributed by atoms with Crippen molar-refractivity contribution in [1.29, 1.82) is 0 Å². The van der Waals surface area contributed by atoms with Gasteiger partial charge in [0.15, 0.2) is 0 Å². The fraction of sp³-hybridized carbons (Fsp3) is 0.583. The van der Waals surface area contributed by atoms with Gasteiger partial charge in [-0.25, -0.2) is 14.8 Å². The van der Waals surface area contributed by atoms with Crippen LogP contribution in [0.2, 0.25) is 0 Å². The molecule has 0 unspecified atom stereocenters. The number of ether oxygens (including phenoxy) is 2. The largest absolute Gasteiger partial charge is 0.465 e.